The van der Waals surface area contributed by atoms with Crippen LogP contribution in [-0.2, 0) is 10.2 Å². The van der Waals surface area contributed by atoms with Crippen LogP contribution in [-0.4, -0.2) is 50.1 Å². The summed E-state index contributed by atoms with van der Waals surface area (Å²) >= 11 is 0. The van der Waals surface area contributed by atoms with Crippen LogP contribution in [0.3, 0.4) is 0 Å². The monoisotopic (exact) mass is 395 g/mol. The van der Waals surface area contributed by atoms with Crippen LogP contribution in [0.2, 0.25) is 0 Å². The van der Waals surface area contributed by atoms with Gasteiger partial charge in [0, 0.05) is 37.6 Å². The van der Waals surface area contributed by atoms with Gasteiger partial charge in [-0.25, -0.2) is 0 Å². The number of nitrogens with zero attached hydrogens (tertiary/aromatic N) is 2. The SMILES string of the molecule is C[C@@H](Oc1ccc(C(C)(C)C)cc1)C(=O)Nc1ccc(N2CCN(C)CC2)cc1. The molecule has 0 aliphatic carbocycles. The van der Waals surface area contributed by atoms with Gasteiger partial charge in [0.1, 0.15) is 5.75 Å². The number of carbonyl (C=O) groups excluding carboxylic acids is 1. The Morgan fingerprint density at radius 3 is 2.10 bits per heavy atom. The molecule has 2 aromatic carbocycles. The summed E-state index contributed by atoms with van der Waals surface area (Å²) in [4.78, 5) is 17.2. The zero-order valence-electron chi connectivity index (χ0n) is 18.2. The van der Waals surface area contributed by atoms with E-state index in [-0.39, 0.29) is 11.3 Å². The summed E-state index contributed by atoms with van der Waals surface area (Å²) < 4.78 is 5.82. The Balaban J connectivity index is 1.54. The van der Waals surface area contributed by atoms with Crippen molar-refractivity contribution in [3.8, 4) is 5.75 Å². The topological polar surface area (TPSA) is 44.8 Å². The molecule has 5 heteroatoms. The van der Waals surface area contributed by atoms with Crippen LogP contribution in [0.4, 0.5) is 11.4 Å². The number of carbonyl (C=O) groups is 1. The maximum Gasteiger partial charge on any atom is 0.265 e. The maximum atomic E-state index is 12.5. The lowest BCUT2D eigenvalue weighted by atomic mass is 9.87. The van der Waals surface area contributed by atoms with E-state index in [1.807, 2.05) is 24.3 Å². The Kier molecular flexibility index (Phi) is 6.48. The summed E-state index contributed by atoms with van der Waals surface area (Å²) in [6.07, 6.45) is -0.576. The van der Waals surface area contributed by atoms with Gasteiger partial charge in [0.25, 0.3) is 5.91 Å². The molecule has 0 aromatic heterocycles. The van der Waals surface area contributed by atoms with Crippen molar-refractivity contribution < 1.29 is 9.53 Å². The van der Waals surface area contributed by atoms with Gasteiger partial charge >= 0.3 is 0 Å². The van der Waals surface area contributed by atoms with E-state index in [0.717, 1.165) is 31.9 Å². The third-order valence-electron chi connectivity index (χ3n) is 5.41. The zero-order valence-corrected chi connectivity index (χ0v) is 18.2. The van der Waals surface area contributed by atoms with Gasteiger partial charge in [-0.15, -0.1) is 0 Å². The molecule has 0 bridgehead atoms. The van der Waals surface area contributed by atoms with Gasteiger partial charge < -0.3 is 19.9 Å². The molecule has 1 heterocycles. The lowest BCUT2D eigenvalue weighted by Crippen LogP contribution is -2.44. The molecule has 0 radical (unpaired) electrons. The van der Waals surface area contributed by atoms with E-state index >= 15 is 0 Å². The molecule has 0 spiro atoms. The van der Waals surface area contributed by atoms with Gasteiger partial charge in [-0.05, 0) is 61.3 Å². The second kappa shape index (κ2) is 8.87. The second-order valence-corrected chi connectivity index (χ2v) is 8.86. The van der Waals surface area contributed by atoms with Gasteiger partial charge in [0.15, 0.2) is 6.10 Å². The highest BCUT2D eigenvalue weighted by Crippen LogP contribution is 2.25. The Morgan fingerprint density at radius 2 is 1.55 bits per heavy atom. The quantitative estimate of drug-likeness (QED) is 0.826. The summed E-state index contributed by atoms with van der Waals surface area (Å²) in [5.74, 6) is 0.545. The fraction of sp³-hybridized carbons (Fsp3) is 0.458. The molecule has 1 amide bonds. The number of piperazine rings is 1. The average molecular weight is 396 g/mol. The van der Waals surface area contributed by atoms with E-state index in [1.165, 1.54) is 11.3 Å². The minimum atomic E-state index is -0.576. The minimum Gasteiger partial charge on any atom is -0.481 e. The van der Waals surface area contributed by atoms with Gasteiger partial charge in [-0.1, -0.05) is 32.9 Å². The molecule has 1 fully saturated rings. The number of benzene rings is 2. The van der Waals surface area contributed by atoms with Crippen molar-refractivity contribution in [2.75, 3.05) is 43.4 Å². The van der Waals surface area contributed by atoms with Crippen LogP contribution in [0.5, 0.6) is 5.75 Å². The van der Waals surface area contributed by atoms with Crippen molar-refractivity contribution in [2.24, 2.45) is 0 Å². The highest BCUT2D eigenvalue weighted by Gasteiger charge is 2.18. The third kappa shape index (κ3) is 5.73. The van der Waals surface area contributed by atoms with Gasteiger partial charge in [0.05, 0.1) is 0 Å². The molecule has 0 saturated carbocycles. The normalized spacial score (nSPS) is 16.4. The minimum absolute atomic E-state index is 0.0950. The van der Waals surface area contributed by atoms with Crippen molar-refractivity contribution in [3.05, 3.63) is 54.1 Å². The molecular formula is C24H33N3O2. The molecule has 29 heavy (non-hydrogen) atoms. The molecule has 1 saturated heterocycles. The smallest absolute Gasteiger partial charge is 0.265 e. The molecule has 1 N–H and O–H groups in total. The van der Waals surface area contributed by atoms with E-state index < -0.39 is 6.10 Å². The summed E-state index contributed by atoms with van der Waals surface area (Å²) in [6, 6.07) is 16.0. The Morgan fingerprint density at radius 1 is 0.966 bits per heavy atom. The van der Waals surface area contributed by atoms with Crippen molar-refractivity contribution in [1.82, 2.24) is 4.90 Å². The van der Waals surface area contributed by atoms with Crippen molar-refractivity contribution >= 4 is 17.3 Å². The number of hydrogen-bond donors (Lipinski definition) is 1. The first kappa shape index (κ1) is 21.2. The van der Waals surface area contributed by atoms with Gasteiger partial charge in [-0.3, -0.25) is 4.79 Å². The number of anilines is 2. The molecular weight excluding hydrogens is 362 g/mol. The highest BCUT2D eigenvalue weighted by atomic mass is 16.5. The van der Waals surface area contributed by atoms with E-state index in [1.54, 1.807) is 6.92 Å². The van der Waals surface area contributed by atoms with Crippen LogP contribution in [0.15, 0.2) is 48.5 Å². The van der Waals surface area contributed by atoms with E-state index in [0.29, 0.717) is 5.75 Å². The molecule has 0 unspecified atom stereocenters. The van der Waals surface area contributed by atoms with E-state index in [4.69, 9.17) is 4.74 Å². The molecule has 156 valence electrons. The predicted molar refractivity (Wildman–Crippen MR) is 120 cm³/mol. The molecule has 1 aliphatic heterocycles. The van der Waals surface area contributed by atoms with Crippen LogP contribution in [0, 0.1) is 0 Å². The second-order valence-electron chi connectivity index (χ2n) is 8.86. The van der Waals surface area contributed by atoms with Crippen LogP contribution in [0.1, 0.15) is 33.3 Å². The molecule has 5 nitrogen and oxygen atoms in total. The van der Waals surface area contributed by atoms with Gasteiger partial charge in [-0.2, -0.15) is 0 Å². The fourth-order valence-electron chi connectivity index (χ4n) is 3.36. The summed E-state index contributed by atoms with van der Waals surface area (Å²) in [6.45, 7) is 12.5. The number of nitrogens with one attached hydrogen (secondary N) is 1. The number of likely N-dealkylation sites (N-methyl/N-ethyl adjacent to an activating group) is 1. The number of ether oxygens (including phenoxy) is 1. The Labute approximate surface area is 174 Å². The van der Waals surface area contributed by atoms with Crippen molar-refractivity contribution in [1.29, 1.82) is 0 Å². The predicted octanol–water partition coefficient (Wildman–Crippen LogP) is 4.14. The third-order valence-corrected chi connectivity index (χ3v) is 5.41. The van der Waals surface area contributed by atoms with Crippen LogP contribution < -0.4 is 15.0 Å². The molecule has 1 aliphatic rings. The Hall–Kier alpha value is -2.53. The average Bonchev–Trinajstić information content (AvgIpc) is 2.69. The lowest BCUT2D eigenvalue weighted by molar-refractivity contribution is -0.122. The van der Waals surface area contributed by atoms with E-state index in [2.05, 4.69) is 67.2 Å². The number of hydrogen-bond acceptors (Lipinski definition) is 4. The summed E-state index contributed by atoms with van der Waals surface area (Å²) in [5, 5.41) is 2.94. The van der Waals surface area contributed by atoms with E-state index in [9.17, 15) is 4.79 Å². The number of amides is 1. The maximum absolute atomic E-state index is 12.5. The number of rotatable bonds is 5. The fourth-order valence-corrected chi connectivity index (χ4v) is 3.36. The van der Waals surface area contributed by atoms with Crippen molar-refractivity contribution in [2.45, 2.75) is 39.2 Å². The first-order valence-corrected chi connectivity index (χ1v) is 10.3. The lowest BCUT2D eigenvalue weighted by Gasteiger charge is -2.34. The zero-order chi connectivity index (χ0) is 21.0. The summed E-state index contributed by atoms with van der Waals surface area (Å²) in [7, 11) is 2.15. The first-order valence-electron chi connectivity index (χ1n) is 10.3. The van der Waals surface area contributed by atoms with Crippen LogP contribution >= 0.6 is 0 Å². The largest absolute Gasteiger partial charge is 0.481 e. The standard InChI is InChI=1S/C24H33N3O2/c1-18(29-22-12-6-19(7-13-22)24(2,3)4)23(28)25-20-8-10-21(11-9-20)27-16-14-26(5)15-17-27/h6-13,18H,14-17H2,1-5H3,(H,25,28)/t18-/m1/s1. The van der Waals surface area contributed by atoms with Gasteiger partial charge in [0.2, 0.25) is 0 Å². The Bertz CT molecular complexity index is 802. The molecule has 3 rings (SSSR count). The first-order chi connectivity index (χ1) is 13.7. The highest BCUT2D eigenvalue weighted by molar-refractivity contribution is 5.94. The van der Waals surface area contributed by atoms with Crippen LogP contribution in [0.25, 0.3) is 0 Å². The molecule has 1 atom stereocenters. The molecule has 2 aromatic rings. The van der Waals surface area contributed by atoms with Crippen molar-refractivity contribution in [3.63, 3.8) is 0 Å². The summed E-state index contributed by atoms with van der Waals surface area (Å²) in [5.41, 5.74) is 3.31.